The Kier molecular flexibility index (Phi) is 10.9. The summed E-state index contributed by atoms with van der Waals surface area (Å²) in [7, 11) is 0. The predicted molar refractivity (Wildman–Crippen MR) is 159 cm³/mol. The minimum Gasteiger partial charge on any atom is -0.485 e. The second kappa shape index (κ2) is 15.2. The van der Waals surface area contributed by atoms with E-state index in [-0.39, 0.29) is 19.4 Å². The number of carbonyl (C=O) groups excluding carboxylic acids is 2. The van der Waals surface area contributed by atoms with E-state index in [4.69, 9.17) is 9.47 Å². The molecule has 0 aromatic heterocycles. The Labute approximate surface area is 249 Å². The fourth-order valence-corrected chi connectivity index (χ4v) is 4.40. The highest BCUT2D eigenvalue weighted by atomic mass is 19.1. The number of nitrogens with one attached hydrogen (secondary N) is 2. The normalized spacial score (nSPS) is 12.0. The van der Waals surface area contributed by atoms with Gasteiger partial charge in [-0.25, -0.2) is 9.18 Å². The number of halogens is 1. The van der Waals surface area contributed by atoms with E-state index < -0.39 is 35.7 Å². The Morgan fingerprint density at radius 3 is 1.77 bits per heavy atom. The van der Waals surface area contributed by atoms with E-state index in [0.717, 1.165) is 11.1 Å². The van der Waals surface area contributed by atoms with Crippen LogP contribution in [0.15, 0.2) is 103 Å². The molecule has 43 heavy (non-hydrogen) atoms. The standard InChI is InChI=1S/C34H33FN2O6/c1-23(38)36-29(18-24-12-15-28(35)16-13-24)33(39)37-30(34(40)41)19-27-14-17-31(42-21-25-8-4-2-5-9-25)32(20-27)43-22-26-10-6-3-7-11-26/h2-17,20,29-30H,18-19,21-22H2,1H3,(H,36,38)(H,37,39)(H,40,41)/t29-,30-/m1/s1. The van der Waals surface area contributed by atoms with E-state index in [2.05, 4.69) is 10.6 Å². The van der Waals surface area contributed by atoms with E-state index in [1.54, 1.807) is 18.2 Å². The van der Waals surface area contributed by atoms with Crippen LogP contribution in [0.2, 0.25) is 0 Å². The van der Waals surface area contributed by atoms with Crippen LogP contribution >= 0.6 is 0 Å². The highest BCUT2D eigenvalue weighted by molar-refractivity contribution is 5.90. The van der Waals surface area contributed by atoms with Crippen molar-refractivity contribution in [1.29, 1.82) is 0 Å². The van der Waals surface area contributed by atoms with Gasteiger partial charge in [0.2, 0.25) is 11.8 Å². The molecule has 0 spiro atoms. The van der Waals surface area contributed by atoms with Crippen LogP contribution in [0.3, 0.4) is 0 Å². The van der Waals surface area contributed by atoms with Gasteiger partial charge in [0.1, 0.15) is 31.1 Å². The molecular weight excluding hydrogens is 551 g/mol. The number of hydrogen-bond donors (Lipinski definition) is 3. The van der Waals surface area contributed by atoms with Crippen molar-refractivity contribution in [1.82, 2.24) is 10.6 Å². The second-order valence-corrected chi connectivity index (χ2v) is 10.0. The van der Waals surface area contributed by atoms with Gasteiger partial charge in [-0.3, -0.25) is 9.59 Å². The molecule has 0 fully saturated rings. The average Bonchev–Trinajstić information content (AvgIpc) is 3.00. The van der Waals surface area contributed by atoms with Gasteiger partial charge in [-0.05, 0) is 46.5 Å². The number of hydrogen-bond acceptors (Lipinski definition) is 5. The number of carbonyl (C=O) groups is 3. The molecule has 4 aromatic rings. The van der Waals surface area contributed by atoms with Crippen LogP contribution in [0.4, 0.5) is 4.39 Å². The molecule has 0 aliphatic rings. The molecule has 0 aliphatic heterocycles. The lowest BCUT2D eigenvalue weighted by Gasteiger charge is -2.22. The van der Waals surface area contributed by atoms with Gasteiger partial charge in [0, 0.05) is 19.8 Å². The Morgan fingerprint density at radius 2 is 1.21 bits per heavy atom. The third kappa shape index (κ3) is 9.71. The van der Waals surface area contributed by atoms with Gasteiger partial charge in [-0.2, -0.15) is 0 Å². The zero-order valence-electron chi connectivity index (χ0n) is 23.7. The van der Waals surface area contributed by atoms with Crippen molar-refractivity contribution < 1.29 is 33.4 Å². The first-order valence-electron chi connectivity index (χ1n) is 13.8. The maximum atomic E-state index is 13.3. The smallest absolute Gasteiger partial charge is 0.326 e. The fourth-order valence-electron chi connectivity index (χ4n) is 4.40. The van der Waals surface area contributed by atoms with Crippen molar-refractivity contribution in [2.45, 2.75) is 45.1 Å². The summed E-state index contributed by atoms with van der Waals surface area (Å²) < 4.78 is 25.5. The minimum absolute atomic E-state index is 0.0505. The zero-order valence-corrected chi connectivity index (χ0v) is 23.7. The first kappa shape index (κ1) is 30.8. The van der Waals surface area contributed by atoms with E-state index in [1.165, 1.54) is 31.2 Å². The van der Waals surface area contributed by atoms with Crippen LogP contribution in [0.25, 0.3) is 0 Å². The monoisotopic (exact) mass is 584 g/mol. The quantitative estimate of drug-likeness (QED) is 0.195. The maximum Gasteiger partial charge on any atom is 0.326 e. The molecule has 8 nitrogen and oxygen atoms in total. The minimum atomic E-state index is -1.30. The lowest BCUT2D eigenvalue weighted by atomic mass is 10.0. The van der Waals surface area contributed by atoms with Crippen LogP contribution < -0.4 is 20.1 Å². The molecule has 0 bridgehead atoms. The molecule has 3 N–H and O–H groups in total. The maximum absolute atomic E-state index is 13.3. The number of ether oxygens (including phenoxy) is 2. The Hall–Kier alpha value is -5.18. The molecule has 2 amide bonds. The number of benzene rings is 4. The molecule has 4 aromatic carbocycles. The van der Waals surface area contributed by atoms with Gasteiger partial charge in [0.25, 0.3) is 0 Å². The van der Waals surface area contributed by atoms with Gasteiger partial charge in [-0.1, -0.05) is 78.9 Å². The van der Waals surface area contributed by atoms with E-state index in [1.807, 2.05) is 60.7 Å². The van der Waals surface area contributed by atoms with Crippen LogP contribution in [-0.2, 0) is 40.4 Å². The van der Waals surface area contributed by atoms with Crippen molar-refractivity contribution in [3.05, 3.63) is 131 Å². The summed E-state index contributed by atoms with van der Waals surface area (Å²) in [4.78, 5) is 37.1. The average molecular weight is 585 g/mol. The molecule has 0 radical (unpaired) electrons. The Bertz CT molecular complexity index is 1510. The van der Waals surface area contributed by atoms with Gasteiger partial charge in [-0.15, -0.1) is 0 Å². The van der Waals surface area contributed by atoms with Crippen LogP contribution in [0.5, 0.6) is 11.5 Å². The van der Waals surface area contributed by atoms with Crippen LogP contribution in [0, 0.1) is 5.82 Å². The summed E-state index contributed by atoms with van der Waals surface area (Å²) in [6.45, 7) is 1.85. The number of carboxylic acid groups (broad SMARTS) is 1. The van der Waals surface area contributed by atoms with Crippen molar-refractivity contribution in [2.75, 3.05) is 0 Å². The van der Waals surface area contributed by atoms with Crippen molar-refractivity contribution in [3.63, 3.8) is 0 Å². The van der Waals surface area contributed by atoms with Crippen molar-refractivity contribution in [3.8, 4) is 11.5 Å². The lowest BCUT2D eigenvalue weighted by Crippen LogP contribution is -2.52. The van der Waals surface area contributed by atoms with Gasteiger partial charge in [0.15, 0.2) is 11.5 Å². The SMILES string of the molecule is CC(=O)N[C@H](Cc1ccc(F)cc1)C(=O)N[C@H](Cc1ccc(OCc2ccccc2)c(OCc2ccccc2)c1)C(=O)O. The first-order chi connectivity index (χ1) is 20.8. The number of rotatable bonds is 14. The van der Waals surface area contributed by atoms with E-state index in [0.29, 0.717) is 29.2 Å². The third-order valence-electron chi connectivity index (χ3n) is 6.58. The zero-order chi connectivity index (χ0) is 30.6. The Morgan fingerprint density at radius 1 is 0.674 bits per heavy atom. The summed E-state index contributed by atoms with van der Waals surface area (Å²) in [5, 5.41) is 15.0. The first-order valence-corrected chi connectivity index (χ1v) is 13.8. The molecular formula is C34H33FN2O6. The fraction of sp³-hybridized carbons (Fsp3) is 0.206. The molecule has 9 heteroatoms. The topological polar surface area (TPSA) is 114 Å². The molecule has 222 valence electrons. The summed E-state index contributed by atoms with van der Waals surface area (Å²) in [6.07, 6.45) is 0.00797. The molecule has 0 heterocycles. The van der Waals surface area contributed by atoms with Crippen molar-refractivity contribution in [2.24, 2.45) is 0 Å². The lowest BCUT2D eigenvalue weighted by molar-refractivity contribution is -0.142. The summed E-state index contributed by atoms with van der Waals surface area (Å²) in [6, 6.07) is 27.6. The summed E-state index contributed by atoms with van der Waals surface area (Å²) in [5.41, 5.74) is 3.12. The van der Waals surface area contributed by atoms with Crippen molar-refractivity contribution >= 4 is 17.8 Å². The van der Waals surface area contributed by atoms with Gasteiger partial charge >= 0.3 is 5.97 Å². The van der Waals surface area contributed by atoms with E-state index in [9.17, 15) is 23.9 Å². The third-order valence-corrected chi connectivity index (χ3v) is 6.58. The van der Waals surface area contributed by atoms with Gasteiger partial charge in [0.05, 0.1) is 0 Å². The number of carboxylic acids is 1. The predicted octanol–water partition coefficient (Wildman–Crippen LogP) is 4.84. The molecule has 2 atom stereocenters. The largest absolute Gasteiger partial charge is 0.485 e. The Balaban J connectivity index is 1.50. The highest BCUT2D eigenvalue weighted by Gasteiger charge is 2.27. The summed E-state index contributed by atoms with van der Waals surface area (Å²) >= 11 is 0. The van der Waals surface area contributed by atoms with E-state index >= 15 is 0 Å². The molecule has 0 aliphatic carbocycles. The highest BCUT2D eigenvalue weighted by Crippen LogP contribution is 2.30. The molecule has 4 rings (SSSR count). The molecule has 0 unspecified atom stereocenters. The molecule has 0 saturated carbocycles. The number of aliphatic carboxylic acids is 1. The van der Waals surface area contributed by atoms with Gasteiger partial charge < -0.3 is 25.2 Å². The second-order valence-electron chi connectivity index (χ2n) is 10.0. The molecule has 0 saturated heterocycles. The summed E-state index contributed by atoms with van der Waals surface area (Å²) in [5.74, 6) is -1.88. The van der Waals surface area contributed by atoms with Crippen LogP contribution in [-0.4, -0.2) is 35.0 Å². The number of amides is 2. The van der Waals surface area contributed by atoms with Crippen LogP contribution in [0.1, 0.15) is 29.2 Å².